The van der Waals surface area contributed by atoms with Gasteiger partial charge < -0.3 is 10.4 Å². The minimum absolute atomic E-state index is 0.163. The van der Waals surface area contributed by atoms with Crippen LogP contribution in [0, 0.1) is 12.8 Å². The lowest BCUT2D eigenvalue weighted by Crippen LogP contribution is -2.38. The zero-order valence-electron chi connectivity index (χ0n) is 10.7. The summed E-state index contributed by atoms with van der Waals surface area (Å²) in [6.07, 6.45) is 0. The van der Waals surface area contributed by atoms with Gasteiger partial charge >= 0.3 is 0 Å². The monoisotopic (exact) mass is 221 g/mol. The number of rotatable bonds is 5. The van der Waals surface area contributed by atoms with Crippen molar-refractivity contribution in [2.75, 3.05) is 6.61 Å². The van der Waals surface area contributed by atoms with Gasteiger partial charge in [-0.3, -0.25) is 0 Å². The largest absolute Gasteiger partial charge is 0.395 e. The predicted octanol–water partition coefficient (Wildman–Crippen LogP) is 2.66. The van der Waals surface area contributed by atoms with Gasteiger partial charge in [-0.25, -0.2) is 0 Å². The summed E-state index contributed by atoms with van der Waals surface area (Å²) in [5.74, 6) is 0.442. The second-order valence-corrected chi connectivity index (χ2v) is 4.83. The van der Waals surface area contributed by atoms with Crippen LogP contribution in [-0.4, -0.2) is 17.8 Å². The second kappa shape index (κ2) is 6.02. The van der Waals surface area contributed by atoms with Gasteiger partial charge in [-0.15, -0.1) is 0 Å². The highest BCUT2D eigenvalue weighted by molar-refractivity contribution is 5.23. The van der Waals surface area contributed by atoms with E-state index in [2.05, 4.69) is 57.3 Å². The van der Waals surface area contributed by atoms with Gasteiger partial charge in [-0.05, 0) is 25.3 Å². The van der Waals surface area contributed by atoms with Gasteiger partial charge in [0.05, 0.1) is 6.61 Å². The van der Waals surface area contributed by atoms with Crippen LogP contribution in [0.3, 0.4) is 0 Å². The minimum atomic E-state index is 0.163. The summed E-state index contributed by atoms with van der Waals surface area (Å²) in [6.45, 7) is 8.65. The number of nitrogens with one attached hydrogen (secondary N) is 1. The summed E-state index contributed by atoms with van der Waals surface area (Å²) >= 11 is 0. The molecule has 2 unspecified atom stereocenters. The molecule has 16 heavy (non-hydrogen) atoms. The maximum absolute atomic E-state index is 9.27. The lowest BCUT2D eigenvalue weighted by molar-refractivity contribution is 0.201. The fraction of sp³-hybridized carbons (Fsp3) is 0.571. The number of hydrogen-bond donors (Lipinski definition) is 2. The Balaban J connectivity index is 2.64. The van der Waals surface area contributed by atoms with Gasteiger partial charge in [0.25, 0.3) is 0 Å². The van der Waals surface area contributed by atoms with Crippen molar-refractivity contribution in [3.63, 3.8) is 0 Å². The Kier molecular flexibility index (Phi) is 4.97. The van der Waals surface area contributed by atoms with E-state index < -0.39 is 0 Å². The molecule has 2 N–H and O–H groups in total. The van der Waals surface area contributed by atoms with Gasteiger partial charge in [-0.2, -0.15) is 0 Å². The first kappa shape index (κ1) is 13.2. The molecule has 90 valence electrons. The van der Waals surface area contributed by atoms with E-state index in [1.165, 1.54) is 11.1 Å². The molecular weight excluding hydrogens is 198 g/mol. The van der Waals surface area contributed by atoms with E-state index in [0.717, 1.165) is 0 Å². The molecule has 0 saturated heterocycles. The highest BCUT2D eigenvalue weighted by atomic mass is 16.3. The number of aliphatic hydroxyl groups is 1. The van der Waals surface area contributed by atoms with Crippen molar-refractivity contribution >= 4 is 0 Å². The van der Waals surface area contributed by atoms with Crippen LogP contribution < -0.4 is 5.32 Å². The van der Waals surface area contributed by atoms with Crippen LogP contribution in [0.15, 0.2) is 24.3 Å². The number of hydrogen-bond acceptors (Lipinski definition) is 2. The first-order valence-corrected chi connectivity index (χ1v) is 5.98. The van der Waals surface area contributed by atoms with Crippen molar-refractivity contribution in [3.05, 3.63) is 35.4 Å². The van der Waals surface area contributed by atoms with Crippen molar-refractivity contribution < 1.29 is 5.11 Å². The lowest BCUT2D eigenvalue weighted by Gasteiger charge is -2.25. The third-order valence-electron chi connectivity index (χ3n) is 3.04. The zero-order chi connectivity index (χ0) is 12.1. The normalized spacial score (nSPS) is 15.1. The maximum Gasteiger partial charge on any atom is 0.0587 e. The fourth-order valence-electron chi connectivity index (χ4n) is 1.73. The van der Waals surface area contributed by atoms with Crippen LogP contribution >= 0.6 is 0 Å². The van der Waals surface area contributed by atoms with Gasteiger partial charge in [0.2, 0.25) is 0 Å². The van der Waals surface area contributed by atoms with E-state index >= 15 is 0 Å². The van der Waals surface area contributed by atoms with E-state index in [1.807, 2.05) is 0 Å². The smallest absolute Gasteiger partial charge is 0.0587 e. The first-order chi connectivity index (χ1) is 7.54. The molecule has 2 heteroatoms. The Morgan fingerprint density at radius 2 is 1.69 bits per heavy atom. The van der Waals surface area contributed by atoms with Gasteiger partial charge in [0.15, 0.2) is 0 Å². The minimum Gasteiger partial charge on any atom is -0.395 e. The average molecular weight is 221 g/mol. The van der Waals surface area contributed by atoms with Crippen molar-refractivity contribution in [2.45, 2.75) is 39.8 Å². The summed E-state index contributed by atoms with van der Waals surface area (Å²) in [5.41, 5.74) is 2.54. The van der Waals surface area contributed by atoms with Crippen LogP contribution in [0.5, 0.6) is 0 Å². The van der Waals surface area contributed by atoms with Gasteiger partial charge in [-0.1, -0.05) is 43.7 Å². The van der Waals surface area contributed by atoms with E-state index in [0.29, 0.717) is 5.92 Å². The molecule has 0 bridgehead atoms. The molecule has 0 aliphatic carbocycles. The Labute approximate surface area is 98.7 Å². The molecule has 2 nitrogen and oxygen atoms in total. The molecular formula is C14H23NO. The quantitative estimate of drug-likeness (QED) is 0.801. The highest BCUT2D eigenvalue weighted by Gasteiger charge is 2.15. The van der Waals surface area contributed by atoms with E-state index in [9.17, 15) is 5.11 Å². The molecule has 0 saturated carbocycles. The van der Waals surface area contributed by atoms with E-state index in [4.69, 9.17) is 0 Å². The molecule has 0 fully saturated rings. The molecule has 0 aliphatic rings. The average Bonchev–Trinajstić information content (AvgIpc) is 2.26. The number of aliphatic hydroxyl groups excluding tert-OH is 1. The van der Waals surface area contributed by atoms with E-state index in [-0.39, 0.29) is 18.7 Å². The van der Waals surface area contributed by atoms with Crippen LogP contribution in [0.25, 0.3) is 0 Å². The topological polar surface area (TPSA) is 32.3 Å². The van der Waals surface area contributed by atoms with Crippen molar-refractivity contribution in [2.24, 2.45) is 5.92 Å². The molecule has 1 aromatic rings. The SMILES string of the molecule is Cc1ccc(C(C)NC(CO)C(C)C)cc1. The third-order valence-corrected chi connectivity index (χ3v) is 3.04. The van der Waals surface area contributed by atoms with Crippen LogP contribution in [0.4, 0.5) is 0 Å². The molecule has 0 aliphatic heterocycles. The first-order valence-electron chi connectivity index (χ1n) is 5.98. The molecule has 0 spiro atoms. The molecule has 0 aromatic heterocycles. The molecule has 1 rings (SSSR count). The fourth-order valence-corrected chi connectivity index (χ4v) is 1.73. The summed E-state index contributed by atoms with van der Waals surface area (Å²) in [6, 6.07) is 8.97. The summed E-state index contributed by atoms with van der Waals surface area (Å²) in [5, 5.41) is 12.7. The summed E-state index contributed by atoms with van der Waals surface area (Å²) in [7, 11) is 0. The predicted molar refractivity (Wildman–Crippen MR) is 68.4 cm³/mol. The molecule has 0 radical (unpaired) electrons. The summed E-state index contributed by atoms with van der Waals surface area (Å²) < 4.78 is 0. The zero-order valence-corrected chi connectivity index (χ0v) is 10.7. The summed E-state index contributed by atoms with van der Waals surface area (Å²) in [4.78, 5) is 0. The Morgan fingerprint density at radius 3 is 2.12 bits per heavy atom. The molecule has 2 atom stereocenters. The Morgan fingerprint density at radius 1 is 1.12 bits per heavy atom. The second-order valence-electron chi connectivity index (χ2n) is 4.83. The van der Waals surface area contributed by atoms with E-state index in [1.54, 1.807) is 0 Å². The van der Waals surface area contributed by atoms with Crippen LogP contribution in [-0.2, 0) is 0 Å². The van der Waals surface area contributed by atoms with Crippen molar-refractivity contribution in [1.82, 2.24) is 5.32 Å². The Bertz CT molecular complexity index is 305. The van der Waals surface area contributed by atoms with Gasteiger partial charge in [0.1, 0.15) is 0 Å². The third kappa shape index (κ3) is 3.62. The number of benzene rings is 1. The highest BCUT2D eigenvalue weighted by Crippen LogP contribution is 2.15. The lowest BCUT2D eigenvalue weighted by atomic mass is 10.0. The van der Waals surface area contributed by atoms with Gasteiger partial charge in [0, 0.05) is 12.1 Å². The van der Waals surface area contributed by atoms with Crippen molar-refractivity contribution in [3.8, 4) is 0 Å². The molecule has 0 amide bonds. The van der Waals surface area contributed by atoms with Crippen molar-refractivity contribution in [1.29, 1.82) is 0 Å². The maximum atomic E-state index is 9.27. The van der Waals surface area contributed by atoms with Crippen LogP contribution in [0.2, 0.25) is 0 Å². The molecule has 0 heterocycles. The number of aryl methyl sites for hydroxylation is 1. The Hall–Kier alpha value is -0.860. The van der Waals surface area contributed by atoms with Crippen LogP contribution in [0.1, 0.15) is 37.9 Å². The molecule has 1 aromatic carbocycles. The standard InChI is InChI=1S/C14H23NO/c1-10(2)14(9-16)15-12(4)13-7-5-11(3)6-8-13/h5-8,10,12,14-16H,9H2,1-4H3.